The molecule has 0 amide bonds. The minimum absolute atomic E-state index is 0.0170. The molecule has 32 heavy (non-hydrogen) atoms. The maximum Gasteiger partial charge on any atom is 0.343 e. The smallest absolute Gasteiger partial charge is 0.343 e. The number of benzene rings is 1. The van der Waals surface area contributed by atoms with Gasteiger partial charge >= 0.3 is 5.63 Å². The first kappa shape index (κ1) is 23.4. The Balaban J connectivity index is 2.24. The van der Waals surface area contributed by atoms with Crippen LogP contribution in [0.3, 0.4) is 0 Å². The van der Waals surface area contributed by atoms with Crippen molar-refractivity contribution in [2.45, 2.75) is 66.4 Å². The lowest BCUT2D eigenvalue weighted by Gasteiger charge is -2.18. The van der Waals surface area contributed by atoms with Crippen molar-refractivity contribution in [1.29, 1.82) is 0 Å². The van der Waals surface area contributed by atoms with Gasteiger partial charge in [-0.2, -0.15) is 0 Å². The van der Waals surface area contributed by atoms with Gasteiger partial charge in [0.15, 0.2) is 5.78 Å². The SMILES string of the molecule is C=C(C)[C@@H]1Cc2c(O)c(Cc3c(O)c(C)c(CC)oc3=O)c(O)c(C(=O)[C@@H](C)CC)c2O1. The molecule has 0 aliphatic carbocycles. The molecule has 0 spiro atoms. The highest BCUT2D eigenvalue weighted by atomic mass is 16.5. The van der Waals surface area contributed by atoms with E-state index in [0.29, 0.717) is 35.3 Å². The molecule has 3 rings (SSSR count). The van der Waals surface area contributed by atoms with E-state index in [1.807, 2.05) is 6.92 Å². The molecule has 1 aliphatic heterocycles. The lowest BCUT2D eigenvalue weighted by atomic mass is 9.89. The maximum atomic E-state index is 13.1. The number of rotatable bonds is 7. The molecule has 0 saturated heterocycles. The monoisotopic (exact) mass is 442 g/mol. The maximum absolute atomic E-state index is 13.1. The Kier molecular flexibility index (Phi) is 6.39. The van der Waals surface area contributed by atoms with Gasteiger partial charge in [-0.15, -0.1) is 0 Å². The third-order valence-electron chi connectivity index (χ3n) is 6.30. The van der Waals surface area contributed by atoms with Crippen molar-refractivity contribution in [3.63, 3.8) is 0 Å². The molecule has 3 N–H and O–H groups in total. The fourth-order valence-corrected chi connectivity index (χ4v) is 3.98. The van der Waals surface area contributed by atoms with Gasteiger partial charge in [-0.05, 0) is 25.8 Å². The first-order chi connectivity index (χ1) is 15.0. The van der Waals surface area contributed by atoms with Crippen molar-refractivity contribution < 1.29 is 29.3 Å². The fourth-order valence-electron chi connectivity index (χ4n) is 3.98. The molecular formula is C25H30O7. The Labute approximate surface area is 187 Å². The van der Waals surface area contributed by atoms with Gasteiger partial charge in [-0.25, -0.2) is 4.79 Å². The summed E-state index contributed by atoms with van der Waals surface area (Å²) in [7, 11) is 0. The van der Waals surface area contributed by atoms with Crippen LogP contribution in [0.15, 0.2) is 21.4 Å². The fraction of sp³-hybridized carbons (Fsp3) is 0.440. The number of fused-ring (bicyclic) bond motifs is 1. The Morgan fingerprint density at radius 3 is 2.38 bits per heavy atom. The van der Waals surface area contributed by atoms with Crippen LogP contribution in [0.5, 0.6) is 23.0 Å². The van der Waals surface area contributed by atoms with E-state index in [0.717, 1.165) is 0 Å². The van der Waals surface area contributed by atoms with Gasteiger partial charge in [0.25, 0.3) is 0 Å². The summed E-state index contributed by atoms with van der Waals surface area (Å²) >= 11 is 0. The van der Waals surface area contributed by atoms with Crippen LogP contribution >= 0.6 is 0 Å². The number of hydrogen-bond acceptors (Lipinski definition) is 7. The summed E-state index contributed by atoms with van der Waals surface area (Å²) in [5, 5.41) is 32.7. The number of ketones is 1. The van der Waals surface area contributed by atoms with Crippen LogP contribution in [0.25, 0.3) is 0 Å². The van der Waals surface area contributed by atoms with E-state index in [1.54, 1.807) is 27.7 Å². The second-order valence-electron chi connectivity index (χ2n) is 8.48. The molecule has 2 heterocycles. The number of phenolic OH excluding ortho intramolecular Hbond substituents is 2. The molecule has 0 fully saturated rings. The zero-order valence-electron chi connectivity index (χ0n) is 19.2. The lowest BCUT2D eigenvalue weighted by Crippen LogP contribution is -2.16. The highest BCUT2D eigenvalue weighted by Gasteiger charge is 2.37. The highest BCUT2D eigenvalue weighted by molar-refractivity contribution is 6.04. The van der Waals surface area contributed by atoms with Gasteiger partial charge in [-0.1, -0.05) is 27.4 Å². The van der Waals surface area contributed by atoms with Gasteiger partial charge in [0, 0.05) is 41.9 Å². The van der Waals surface area contributed by atoms with Crippen molar-refractivity contribution in [3.05, 3.63) is 56.1 Å². The van der Waals surface area contributed by atoms with Gasteiger partial charge in [-0.3, -0.25) is 4.79 Å². The number of ether oxygens (including phenoxy) is 1. The largest absolute Gasteiger partial charge is 0.507 e. The molecule has 172 valence electrons. The molecule has 1 aliphatic rings. The van der Waals surface area contributed by atoms with E-state index in [1.165, 1.54) is 0 Å². The standard InChI is InChI=1S/C25H30O7/c1-7-12(5)20(26)19-23(29)14(22(28)15-10-18(11(3)4)31-24(15)19)9-16-21(27)13(6)17(8-2)32-25(16)30/h12,18,27-29H,3,7-10H2,1-2,4-6H3/t12-,18-/m0/s1. The molecular weight excluding hydrogens is 412 g/mol. The molecule has 1 aromatic heterocycles. The summed E-state index contributed by atoms with van der Waals surface area (Å²) in [6.45, 7) is 12.7. The summed E-state index contributed by atoms with van der Waals surface area (Å²) < 4.78 is 11.2. The zero-order chi connectivity index (χ0) is 23.9. The molecule has 0 bridgehead atoms. The number of hydrogen-bond donors (Lipinski definition) is 3. The van der Waals surface area contributed by atoms with Crippen LogP contribution in [-0.2, 0) is 19.3 Å². The predicted octanol–water partition coefficient (Wildman–Crippen LogP) is 4.33. The Hall–Kier alpha value is -3.22. The van der Waals surface area contributed by atoms with Gasteiger partial charge in [0.1, 0.15) is 40.4 Å². The van der Waals surface area contributed by atoms with E-state index >= 15 is 0 Å². The minimum Gasteiger partial charge on any atom is -0.507 e. The van der Waals surface area contributed by atoms with E-state index < -0.39 is 17.5 Å². The normalized spacial score (nSPS) is 15.8. The predicted molar refractivity (Wildman–Crippen MR) is 120 cm³/mol. The Morgan fingerprint density at radius 1 is 1.16 bits per heavy atom. The van der Waals surface area contributed by atoms with Gasteiger partial charge in [0.05, 0.1) is 5.56 Å². The van der Waals surface area contributed by atoms with Crippen molar-refractivity contribution in [2.75, 3.05) is 0 Å². The third kappa shape index (κ3) is 3.76. The lowest BCUT2D eigenvalue weighted by molar-refractivity contribution is 0.0919. The second kappa shape index (κ2) is 8.73. The summed E-state index contributed by atoms with van der Waals surface area (Å²) in [4.78, 5) is 25.7. The third-order valence-corrected chi connectivity index (χ3v) is 6.30. The number of Topliss-reactive ketones (excluding diaryl/α,β-unsaturated/α-hetero) is 1. The van der Waals surface area contributed by atoms with E-state index in [9.17, 15) is 24.9 Å². The average Bonchev–Trinajstić information content (AvgIpc) is 3.20. The van der Waals surface area contributed by atoms with Crippen LogP contribution < -0.4 is 10.4 Å². The number of phenols is 2. The van der Waals surface area contributed by atoms with E-state index in [-0.39, 0.29) is 58.5 Å². The van der Waals surface area contributed by atoms with Crippen LogP contribution in [0, 0.1) is 12.8 Å². The van der Waals surface area contributed by atoms with Crippen LogP contribution in [-0.4, -0.2) is 27.2 Å². The highest BCUT2D eigenvalue weighted by Crippen LogP contribution is 2.49. The first-order valence-corrected chi connectivity index (χ1v) is 10.8. The molecule has 0 radical (unpaired) electrons. The molecule has 0 unspecified atom stereocenters. The Bertz CT molecular complexity index is 1160. The summed E-state index contributed by atoms with van der Waals surface area (Å²) in [6, 6.07) is 0. The van der Waals surface area contributed by atoms with Crippen LogP contribution in [0.2, 0.25) is 0 Å². The molecule has 2 aromatic rings. The summed E-state index contributed by atoms with van der Waals surface area (Å²) in [5.41, 5.74) is 0.627. The summed E-state index contributed by atoms with van der Waals surface area (Å²) in [5.74, 6) is -1.16. The second-order valence-corrected chi connectivity index (χ2v) is 8.48. The van der Waals surface area contributed by atoms with Crippen LogP contribution in [0.1, 0.15) is 72.5 Å². The topological polar surface area (TPSA) is 117 Å². The molecule has 7 nitrogen and oxygen atoms in total. The first-order valence-electron chi connectivity index (χ1n) is 10.8. The molecule has 2 atom stereocenters. The van der Waals surface area contributed by atoms with Crippen molar-refractivity contribution in [3.8, 4) is 23.0 Å². The number of carbonyl (C=O) groups is 1. The number of aromatic hydroxyl groups is 3. The zero-order valence-corrected chi connectivity index (χ0v) is 19.2. The molecule has 0 saturated carbocycles. The quantitative estimate of drug-likeness (QED) is 0.432. The summed E-state index contributed by atoms with van der Waals surface area (Å²) in [6.07, 6.45) is 0.507. The van der Waals surface area contributed by atoms with Gasteiger partial charge < -0.3 is 24.5 Å². The van der Waals surface area contributed by atoms with E-state index in [2.05, 4.69) is 6.58 Å². The average molecular weight is 443 g/mol. The Morgan fingerprint density at radius 2 is 1.81 bits per heavy atom. The van der Waals surface area contributed by atoms with Crippen molar-refractivity contribution in [1.82, 2.24) is 0 Å². The number of aryl methyl sites for hydroxylation is 1. The van der Waals surface area contributed by atoms with Gasteiger partial charge in [0.2, 0.25) is 0 Å². The van der Waals surface area contributed by atoms with Crippen molar-refractivity contribution >= 4 is 5.78 Å². The van der Waals surface area contributed by atoms with E-state index in [4.69, 9.17) is 9.15 Å². The number of carbonyl (C=O) groups excluding carboxylic acids is 1. The molecule has 7 heteroatoms. The van der Waals surface area contributed by atoms with Crippen molar-refractivity contribution in [2.24, 2.45) is 5.92 Å². The van der Waals surface area contributed by atoms with Crippen LogP contribution in [0.4, 0.5) is 0 Å². The molecule has 1 aromatic carbocycles. The minimum atomic E-state index is -0.755.